The molecule has 2 N–H and O–H groups in total. The quantitative estimate of drug-likeness (QED) is 0.845. The fourth-order valence-electron chi connectivity index (χ4n) is 1.43. The lowest BCUT2D eigenvalue weighted by Gasteiger charge is -2.21. The van der Waals surface area contributed by atoms with E-state index in [9.17, 15) is 4.79 Å². The number of amides is 2. The molecule has 1 heterocycles. The van der Waals surface area contributed by atoms with Gasteiger partial charge in [-0.05, 0) is 34.5 Å². The molecule has 0 fully saturated rings. The minimum Gasteiger partial charge on any atom is -0.395 e. The molecule has 1 aromatic rings. The normalized spacial score (nSPS) is 10.3. The third-order valence-corrected chi connectivity index (χ3v) is 3.82. The molecule has 4 nitrogen and oxygen atoms in total. The van der Waals surface area contributed by atoms with Crippen LogP contribution in [0.2, 0.25) is 0 Å². The molecular weight excluding hydrogens is 304 g/mol. The molecule has 6 heteroatoms. The van der Waals surface area contributed by atoms with E-state index in [1.54, 1.807) is 16.2 Å². The van der Waals surface area contributed by atoms with E-state index < -0.39 is 0 Å². The number of halogens is 1. The second kappa shape index (κ2) is 7.68. The second-order valence-corrected chi connectivity index (χ2v) is 6.12. The van der Waals surface area contributed by atoms with Crippen LogP contribution in [0, 0.1) is 0 Å². The molecule has 17 heavy (non-hydrogen) atoms. The molecule has 0 aliphatic carbocycles. The number of nitrogens with one attached hydrogen (secondary N) is 1. The Balaban J connectivity index is 2.41. The van der Waals surface area contributed by atoms with E-state index in [-0.39, 0.29) is 12.6 Å². The first-order valence-corrected chi connectivity index (χ1v) is 7.16. The van der Waals surface area contributed by atoms with Crippen molar-refractivity contribution in [1.29, 1.82) is 0 Å². The van der Waals surface area contributed by atoms with Crippen molar-refractivity contribution in [3.05, 3.63) is 20.8 Å². The molecule has 0 aliphatic heterocycles. The van der Waals surface area contributed by atoms with Gasteiger partial charge in [-0.2, -0.15) is 0 Å². The fourth-order valence-corrected chi connectivity index (χ4v) is 2.85. The summed E-state index contributed by atoms with van der Waals surface area (Å²) in [5, 5.41) is 11.7. The van der Waals surface area contributed by atoms with Gasteiger partial charge in [0, 0.05) is 18.0 Å². The van der Waals surface area contributed by atoms with Crippen molar-refractivity contribution in [3.63, 3.8) is 0 Å². The van der Waals surface area contributed by atoms with Gasteiger partial charge < -0.3 is 15.3 Å². The molecule has 0 saturated heterocycles. The maximum atomic E-state index is 11.8. The topological polar surface area (TPSA) is 52.6 Å². The van der Waals surface area contributed by atoms with E-state index in [0.29, 0.717) is 19.6 Å². The summed E-state index contributed by atoms with van der Waals surface area (Å²) in [6.07, 6.45) is 0.887. The lowest BCUT2D eigenvalue weighted by molar-refractivity contribution is 0.177. The van der Waals surface area contributed by atoms with Gasteiger partial charge in [0.05, 0.1) is 16.9 Å². The number of thiophene rings is 1. The zero-order valence-corrected chi connectivity index (χ0v) is 12.2. The standard InChI is InChI=1S/C11H17BrN2O2S/c1-2-5-14(6-7-15)11(16)13-8-9-3-4-10(12)17-9/h3-4,15H,2,5-8H2,1H3,(H,13,16). The number of urea groups is 1. The zero-order chi connectivity index (χ0) is 12.7. The van der Waals surface area contributed by atoms with Crippen molar-refractivity contribution < 1.29 is 9.90 Å². The van der Waals surface area contributed by atoms with Gasteiger partial charge >= 0.3 is 6.03 Å². The van der Waals surface area contributed by atoms with Gasteiger partial charge in [-0.15, -0.1) is 11.3 Å². The van der Waals surface area contributed by atoms with Gasteiger partial charge in [-0.25, -0.2) is 4.79 Å². The highest BCUT2D eigenvalue weighted by molar-refractivity contribution is 9.11. The summed E-state index contributed by atoms with van der Waals surface area (Å²) in [6, 6.07) is 3.82. The first-order chi connectivity index (χ1) is 8.17. The van der Waals surface area contributed by atoms with Crippen LogP contribution in [-0.2, 0) is 6.54 Å². The summed E-state index contributed by atoms with van der Waals surface area (Å²) in [6.45, 7) is 3.58. The van der Waals surface area contributed by atoms with E-state index in [4.69, 9.17) is 5.11 Å². The zero-order valence-electron chi connectivity index (χ0n) is 9.78. The van der Waals surface area contributed by atoms with Gasteiger partial charge in [0.25, 0.3) is 0 Å². The third-order valence-electron chi connectivity index (χ3n) is 2.19. The maximum Gasteiger partial charge on any atom is 0.317 e. The van der Waals surface area contributed by atoms with Crippen LogP contribution in [0.15, 0.2) is 15.9 Å². The summed E-state index contributed by atoms with van der Waals surface area (Å²) in [4.78, 5) is 14.5. The molecule has 0 aliphatic rings. The number of hydrogen-bond acceptors (Lipinski definition) is 3. The first-order valence-electron chi connectivity index (χ1n) is 5.55. The molecule has 0 aromatic carbocycles. The Labute approximate surface area is 114 Å². The molecule has 0 bridgehead atoms. The summed E-state index contributed by atoms with van der Waals surface area (Å²) < 4.78 is 1.06. The Kier molecular flexibility index (Phi) is 6.54. The molecule has 0 spiro atoms. The smallest absolute Gasteiger partial charge is 0.317 e. The Morgan fingerprint density at radius 3 is 2.82 bits per heavy atom. The van der Waals surface area contributed by atoms with Gasteiger partial charge in [-0.3, -0.25) is 0 Å². The molecule has 2 amide bonds. The fraction of sp³-hybridized carbons (Fsp3) is 0.545. The van der Waals surface area contributed by atoms with Crippen LogP contribution in [0.25, 0.3) is 0 Å². The van der Waals surface area contributed by atoms with Crippen LogP contribution >= 0.6 is 27.3 Å². The summed E-state index contributed by atoms with van der Waals surface area (Å²) >= 11 is 4.98. The Morgan fingerprint density at radius 1 is 1.53 bits per heavy atom. The van der Waals surface area contributed by atoms with Gasteiger partial charge in [0.15, 0.2) is 0 Å². The van der Waals surface area contributed by atoms with Gasteiger partial charge in [0.2, 0.25) is 0 Å². The molecule has 1 aromatic heterocycles. The average molecular weight is 321 g/mol. The second-order valence-electron chi connectivity index (χ2n) is 3.58. The summed E-state index contributed by atoms with van der Waals surface area (Å²) in [7, 11) is 0. The number of rotatable bonds is 6. The molecule has 1 rings (SSSR count). The van der Waals surface area contributed by atoms with Crippen LogP contribution in [0.4, 0.5) is 4.79 Å². The Bertz CT molecular complexity index is 351. The first kappa shape index (κ1) is 14.5. The molecule has 0 atom stereocenters. The molecular formula is C11H17BrN2O2S. The number of hydrogen-bond donors (Lipinski definition) is 2. The average Bonchev–Trinajstić information content (AvgIpc) is 2.72. The Hall–Kier alpha value is -0.590. The van der Waals surface area contributed by atoms with Gasteiger partial charge in [0.1, 0.15) is 0 Å². The Morgan fingerprint density at radius 2 is 2.29 bits per heavy atom. The monoisotopic (exact) mass is 320 g/mol. The number of carbonyl (C=O) groups is 1. The molecule has 96 valence electrons. The minimum absolute atomic E-state index is 0.00201. The third kappa shape index (κ3) is 5.06. The summed E-state index contributed by atoms with van der Waals surface area (Å²) in [5.74, 6) is 0. The number of aliphatic hydroxyl groups is 1. The lowest BCUT2D eigenvalue weighted by Crippen LogP contribution is -2.41. The highest BCUT2D eigenvalue weighted by Crippen LogP contribution is 2.21. The number of carbonyl (C=O) groups excluding carboxylic acids is 1. The highest BCUT2D eigenvalue weighted by atomic mass is 79.9. The van der Waals surface area contributed by atoms with Crippen molar-refractivity contribution in [3.8, 4) is 0 Å². The predicted octanol–water partition coefficient (Wildman–Crippen LogP) is 2.42. The molecule has 0 radical (unpaired) electrons. The molecule has 0 unspecified atom stereocenters. The van der Waals surface area contributed by atoms with E-state index >= 15 is 0 Å². The van der Waals surface area contributed by atoms with Crippen molar-refractivity contribution >= 4 is 33.3 Å². The number of nitrogens with zero attached hydrogens (tertiary/aromatic N) is 1. The predicted molar refractivity (Wildman–Crippen MR) is 73.2 cm³/mol. The van der Waals surface area contributed by atoms with Crippen LogP contribution in [0.1, 0.15) is 18.2 Å². The van der Waals surface area contributed by atoms with E-state index in [2.05, 4.69) is 21.2 Å². The van der Waals surface area contributed by atoms with Crippen LogP contribution in [0.5, 0.6) is 0 Å². The maximum absolute atomic E-state index is 11.8. The highest BCUT2D eigenvalue weighted by Gasteiger charge is 2.11. The summed E-state index contributed by atoms with van der Waals surface area (Å²) in [5.41, 5.74) is 0. The van der Waals surface area contributed by atoms with Crippen LogP contribution in [-0.4, -0.2) is 35.7 Å². The van der Waals surface area contributed by atoms with Crippen LogP contribution in [0.3, 0.4) is 0 Å². The van der Waals surface area contributed by atoms with Crippen molar-refractivity contribution in [2.45, 2.75) is 19.9 Å². The van der Waals surface area contributed by atoms with Crippen molar-refractivity contribution in [2.75, 3.05) is 19.7 Å². The van der Waals surface area contributed by atoms with Crippen molar-refractivity contribution in [1.82, 2.24) is 10.2 Å². The minimum atomic E-state index is -0.120. The lowest BCUT2D eigenvalue weighted by atomic mass is 10.4. The van der Waals surface area contributed by atoms with E-state index in [0.717, 1.165) is 15.1 Å². The largest absolute Gasteiger partial charge is 0.395 e. The van der Waals surface area contributed by atoms with E-state index in [1.165, 1.54) is 0 Å². The molecule has 0 saturated carbocycles. The van der Waals surface area contributed by atoms with Crippen molar-refractivity contribution in [2.24, 2.45) is 0 Å². The SMILES string of the molecule is CCCN(CCO)C(=O)NCc1ccc(Br)s1. The van der Waals surface area contributed by atoms with E-state index in [1.807, 2.05) is 19.1 Å². The van der Waals surface area contributed by atoms with Gasteiger partial charge in [-0.1, -0.05) is 6.92 Å². The van der Waals surface area contributed by atoms with Crippen LogP contribution < -0.4 is 5.32 Å². The number of aliphatic hydroxyl groups excluding tert-OH is 1.